The van der Waals surface area contributed by atoms with Crippen molar-refractivity contribution in [2.24, 2.45) is 0 Å². The third-order valence-corrected chi connectivity index (χ3v) is 5.81. The molecule has 0 atom stereocenters. The maximum absolute atomic E-state index is 2.38. The van der Waals surface area contributed by atoms with E-state index in [0.29, 0.717) is 0 Å². The molecule has 0 heterocycles. The van der Waals surface area contributed by atoms with Gasteiger partial charge in [0.25, 0.3) is 0 Å². The zero-order chi connectivity index (χ0) is 16.8. The fraction of sp³-hybridized carbons (Fsp3) is 0.200. The van der Waals surface area contributed by atoms with Gasteiger partial charge in [-0.1, -0.05) is 60.7 Å². The van der Waals surface area contributed by atoms with Gasteiger partial charge in [-0.3, -0.25) is 0 Å². The van der Waals surface area contributed by atoms with Gasteiger partial charge in [0.1, 0.15) is 0 Å². The van der Waals surface area contributed by atoms with E-state index >= 15 is 0 Å². The van der Waals surface area contributed by atoms with Crippen molar-refractivity contribution in [3.05, 3.63) is 83.4 Å². The molecule has 4 aromatic carbocycles. The Bertz CT molecular complexity index is 1100. The van der Waals surface area contributed by atoms with Crippen molar-refractivity contribution in [3.63, 3.8) is 0 Å². The molecule has 0 unspecified atom stereocenters. The van der Waals surface area contributed by atoms with E-state index in [9.17, 15) is 0 Å². The van der Waals surface area contributed by atoms with Crippen LogP contribution in [0.5, 0.6) is 0 Å². The molecule has 0 nitrogen and oxygen atoms in total. The molecular formula is C25H22. The van der Waals surface area contributed by atoms with Crippen LogP contribution in [0.1, 0.15) is 29.5 Å². The first-order valence-corrected chi connectivity index (χ1v) is 9.34. The van der Waals surface area contributed by atoms with Gasteiger partial charge in [0.2, 0.25) is 0 Å². The van der Waals surface area contributed by atoms with Gasteiger partial charge < -0.3 is 0 Å². The van der Waals surface area contributed by atoms with Crippen LogP contribution in [0.4, 0.5) is 0 Å². The second-order valence-electron chi connectivity index (χ2n) is 7.32. The second-order valence-corrected chi connectivity index (χ2v) is 7.32. The Labute approximate surface area is 149 Å². The summed E-state index contributed by atoms with van der Waals surface area (Å²) in [6.07, 6.45) is 5.14. The fourth-order valence-electron chi connectivity index (χ4n) is 4.45. The summed E-state index contributed by atoms with van der Waals surface area (Å²) in [6, 6.07) is 24.9. The molecule has 0 heteroatoms. The molecule has 1 aliphatic carbocycles. The zero-order valence-electron chi connectivity index (χ0n) is 14.7. The number of rotatable bonds is 1. The average Bonchev–Trinajstić information content (AvgIpc) is 2.67. The Morgan fingerprint density at radius 2 is 1.48 bits per heavy atom. The van der Waals surface area contributed by atoms with Gasteiger partial charge >= 0.3 is 0 Å². The molecule has 0 saturated heterocycles. The van der Waals surface area contributed by atoms with E-state index in [4.69, 9.17) is 0 Å². The van der Waals surface area contributed by atoms with Gasteiger partial charge in [-0.05, 0) is 88.0 Å². The highest BCUT2D eigenvalue weighted by molar-refractivity contribution is 6.10. The molecular weight excluding hydrogens is 300 g/mol. The maximum Gasteiger partial charge on any atom is -0.00991 e. The summed E-state index contributed by atoms with van der Waals surface area (Å²) in [4.78, 5) is 0. The number of hydrogen-bond donors (Lipinski definition) is 0. The van der Waals surface area contributed by atoms with Crippen molar-refractivity contribution in [3.8, 4) is 11.1 Å². The topological polar surface area (TPSA) is 0 Å². The SMILES string of the molecule is Cc1ccccc1-c1ccc2ccc3c4c(ccc3c2c1)CCCC4. The van der Waals surface area contributed by atoms with Crippen LogP contribution in [-0.2, 0) is 12.8 Å². The lowest BCUT2D eigenvalue weighted by Gasteiger charge is -2.19. The highest BCUT2D eigenvalue weighted by atomic mass is 14.2. The van der Waals surface area contributed by atoms with Crippen LogP contribution in [0.25, 0.3) is 32.7 Å². The van der Waals surface area contributed by atoms with Gasteiger partial charge in [-0.25, -0.2) is 0 Å². The first-order chi connectivity index (χ1) is 12.3. The van der Waals surface area contributed by atoms with Crippen molar-refractivity contribution in [1.82, 2.24) is 0 Å². The smallest absolute Gasteiger partial charge is 0.00991 e. The molecule has 4 aromatic rings. The molecule has 0 spiro atoms. The molecule has 5 rings (SSSR count). The Morgan fingerprint density at radius 3 is 2.40 bits per heavy atom. The van der Waals surface area contributed by atoms with Crippen molar-refractivity contribution in [2.75, 3.05) is 0 Å². The van der Waals surface area contributed by atoms with Gasteiger partial charge in [-0.15, -0.1) is 0 Å². The van der Waals surface area contributed by atoms with E-state index in [1.165, 1.54) is 63.9 Å². The molecule has 25 heavy (non-hydrogen) atoms. The number of hydrogen-bond acceptors (Lipinski definition) is 0. The Morgan fingerprint density at radius 1 is 0.680 bits per heavy atom. The van der Waals surface area contributed by atoms with Crippen molar-refractivity contribution < 1.29 is 0 Å². The Balaban J connectivity index is 1.80. The number of aryl methyl sites for hydroxylation is 3. The van der Waals surface area contributed by atoms with E-state index in [1.807, 2.05) is 0 Å². The molecule has 0 radical (unpaired) electrons. The third-order valence-electron chi connectivity index (χ3n) is 5.81. The fourth-order valence-corrected chi connectivity index (χ4v) is 4.45. The van der Waals surface area contributed by atoms with E-state index in [1.54, 1.807) is 11.1 Å². The molecule has 122 valence electrons. The summed E-state index contributed by atoms with van der Waals surface area (Å²) in [7, 11) is 0. The van der Waals surface area contributed by atoms with E-state index < -0.39 is 0 Å². The van der Waals surface area contributed by atoms with Gasteiger partial charge in [-0.2, -0.15) is 0 Å². The van der Waals surface area contributed by atoms with Gasteiger partial charge in [0, 0.05) is 0 Å². The van der Waals surface area contributed by atoms with E-state index in [0.717, 1.165) is 0 Å². The number of fused-ring (bicyclic) bond motifs is 5. The minimum absolute atomic E-state index is 1.23. The van der Waals surface area contributed by atoms with Crippen LogP contribution in [0.15, 0.2) is 66.7 Å². The van der Waals surface area contributed by atoms with Crippen LogP contribution >= 0.6 is 0 Å². The predicted molar refractivity (Wildman–Crippen MR) is 108 cm³/mol. The molecule has 0 bridgehead atoms. The van der Waals surface area contributed by atoms with Crippen LogP contribution < -0.4 is 0 Å². The molecule has 0 N–H and O–H groups in total. The molecule has 0 amide bonds. The first kappa shape index (κ1) is 14.7. The van der Waals surface area contributed by atoms with Crippen molar-refractivity contribution >= 4 is 21.5 Å². The van der Waals surface area contributed by atoms with E-state index in [2.05, 4.69) is 73.7 Å². The molecule has 0 saturated carbocycles. The first-order valence-electron chi connectivity index (χ1n) is 9.34. The largest absolute Gasteiger partial charge is 0.0620 e. The Hall–Kier alpha value is -2.60. The van der Waals surface area contributed by atoms with Crippen molar-refractivity contribution in [2.45, 2.75) is 32.6 Å². The summed E-state index contributed by atoms with van der Waals surface area (Å²) in [6.45, 7) is 2.19. The molecule has 0 aliphatic heterocycles. The minimum atomic E-state index is 1.23. The standard InChI is InChI=1S/C25H22/c1-17-6-2-4-8-21(17)20-11-10-19-13-14-23-22-9-5-3-7-18(22)12-15-24(23)25(19)16-20/h2,4,6,8,10-16H,3,5,7,9H2,1H3. The highest BCUT2D eigenvalue weighted by Crippen LogP contribution is 2.35. The monoisotopic (exact) mass is 322 g/mol. The lowest BCUT2D eigenvalue weighted by atomic mass is 9.86. The Kier molecular flexibility index (Phi) is 3.38. The zero-order valence-corrected chi connectivity index (χ0v) is 14.7. The van der Waals surface area contributed by atoms with Crippen LogP contribution in [0.3, 0.4) is 0 Å². The molecule has 0 fully saturated rings. The average molecular weight is 322 g/mol. The van der Waals surface area contributed by atoms with Crippen molar-refractivity contribution in [1.29, 1.82) is 0 Å². The summed E-state index contributed by atoms with van der Waals surface area (Å²) >= 11 is 0. The van der Waals surface area contributed by atoms with Crippen LogP contribution in [0, 0.1) is 6.92 Å². The molecule has 1 aliphatic rings. The van der Waals surface area contributed by atoms with Gasteiger partial charge in [0.15, 0.2) is 0 Å². The second kappa shape index (κ2) is 5.74. The predicted octanol–water partition coefficient (Wildman–Crippen LogP) is 6.85. The van der Waals surface area contributed by atoms with Crippen LogP contribution in [-0.4, -0.2) is 0 Å². The van der Waals surface area contributed by atoms with Gasteiger partial charge in [0.05, 0.1) is 0 Å². The van der Waals surface area contributed by atoms with E-state index in [-0.39, 0.29) is 0 Å². The van der Waals surface area contributed by atoms with Crippen LogP contribution in [0.2, 0.25) is 0 Å². The minimum Gasteiger partial charge on any atom is -0.0620 e. The summed E-state index contributed by atoms with van der Waals surface area (Å²) in [5, 5.41) is 5.59. The third kappa shape index (κ3) is 2.36. The maximum atomic E-state index is 2.38. The number of benzene rings is 4. The highest BCUT2D eigenvalue weighted by Gasteiger charge is 2.14. The summed E-state index contributed by atoms with van der Waals surface area (Å²) in [5.74, 6) is 0. The summed E-state index contributed by atoms with van der Waals surface area (Å²) < 4.78 is 0. The lowest BCUT2D eigenvalue weighted by molar-refractivity contribution is 0.690. The quantitative estimate of drug-likeness (QED) is 0.336. The lowest BCUT2D eigenvalue weighted by Crippen LogP contribution is -2.03. The molecule has 0 aromatic heterocycles. The summed E-state index contributed by atoms with van der Waals surface area (Å²) in [5.41, 5.74) is 7.13. The normalized spacial score (nSPS) is 14.0.